The highest BCUT2D eigenvalue weighted by atomic mass is 16.3. The summed E-state index contributed by atoms with van der Waals surface area (Å²) in [4.78, 5) is 40.0. The molecule has 8 heteroatoms. The number of primary amides is 1. The number of hydrogen-bond donors (Lipinski definition) is 2. The Morgan fingerprint density at radius 1 is 1.10 bits per heavy atom. The molecule has 2 amide bonds. The summed E-state index contributed by atoms with van der Waals surface area (Å²) >= 11 is 0. The molecular weight excluding hydrogens is 516 g/mol. The minimum absolute atomic E-state index is 0.151. The number of aliphatic hydroxyl groups excluding tert-OH is 1. The first-order valence-corrected chi connectivity index (χ1v) is 13.9. The normalized spacial score (nSPS) is 15.0. The first kappa shape index (κ1) is 26.6. The maximum Gasteiger partial charge on any atom is 0.298 e. The Balaban J connectivity index is 1.48. The van der Waals surface area contributed by atoms with E-state index in [1.165, 1.54) is 18.4 Å². The van der Waals surface area contributed by atoms with E-state index in [1.807, 2.05) is 30.3 Å². The average molecular weight is 549 g/mol. The van der Waals surface area contributed by atoms with Gasteiger partial charge in [-0.25, -0.2) is 0 Å². The fraction of sp³-hybridized carbons (Fsp3) is 0.303. The molecule has 0 radical (unpaired) electrons. The van der Waals surface area contributed by atoms with Crippen molar-refractivity contribution in [3.63, 3.8) is 0 Å². The van der Waals surface area contributed by atoms with Gasteiger partial charge in [0.1, 0.15) is 5.69 Å². The molecule has 1 aliphatic heterocycles. The Hall–Kier alpha value is -4.61. The minimum Gasteiger partial charge on any atom is -0.392 e. The average Bonchev–Trinajstić information content (AvgIpc) is 3.71. The second-order valence-corrected chi connectivity index (χ2v) is 11.1. The zero-order valence-electron chi connectivity index (χ0n) is 23.2. The van der Waals surface area contributed by atoms with Crippen LogP contribution in [0.25, 0.3) is 27.6 Å². The number of carbonyl (C=O) groups excluding carboxylic acids is 2. The van der Waals surface area contributed by atoms with Gasteiger partial charge in [0.2, 0.25) is 0 Å². The lowest BCUT2D eigenvalue weighted by molar-refractivity contribution is -0.131. The largest absolute Gasteiger partial charge is 0.392 e. The second-order valence-electron chi connectivity index (χ2n) is 11.1. The van der Waals surface area contributed by atoms with Crippen LogP contribution in [-0.2, 0) is 24.9 Å². The quantitative estimate of drug-likeness (QED) is 0.345. The number of nitrogens with two attached hydrogens (primary N) is 1. The molecule has 3 heterocycles. The summed E-state index contributed by atoms with van der Waals surface area (Å²) < 4.78 is 3.37. The van der Waals surface area contributed by atoms with Crippen molar-refractivity contribution in [3.05, 3.63) is 87.6 Å². The summed E-state index contributed by atoms with van der Waals surface area (Å²) in [5, 5.41) is 12.1. The maximum atomic E-state index is 14.2. The van der Waals surface area contributed by atoms with Crippen molar-refractivity contribution in [2.75, 3.05) is 13.1 Å². The Bertz CT molecular complexity index is 1830. The SMILES string of the molecule is CC#CC(=O)N1CC(Cc2cc3cc(C4CC4)ccc3c(=O)n2-c2cccc(-c3cc(C(N)=O)n(C)c3)c2CO)C1. The summed E-state index contributed by atoms with van der Waals surface area (Å²) in [6.45, 7) is 2.50. The minimum atomic E-state index is -0.544. The number of benzene rings is 2. The molecule has 2 aromatic heterocycles. The molecule has 6 rings (SSSR count). The Morgan fingerprint density at radius 3 is 2.54 bits per heavy atom. The molecule has 41 heavy (non-hydrogen) atoms. The molecular formula is C33H32N4O4. The van der Waals surface area contributed by atoms with Crippen LogP contribution >= 0.6 is 0 Å². The molecule has 0 bridgehead atoms. The van der Waals surface area contributed by atoms with E-state index in [-0.39, 0.29) is 24.0 Å². The Kier molecular flexibility index (Phi) is 6.76. The van der Waals surface area contributed by atoms with Crippen molar-refractivity contribution >= 4 is 22.6 Å². The fourth-order valence-corrected chi connectivity index (χ4v) is 6.00. The van der Waals surface area contributed by atoms with Crippen LogP contribution in [-0.4, -0.2) is 44.0 Å². The lowest BCUT2D eigenvalue weighted by Gasteiger charge is -2.38. The predicted octanol–water partition coefficient (Wildman–Crippen LogP) is 3.49. The van der Waals surface area contributed by atoms with Crippen molar-refractivity contribution in [2.24, 2.45) is 18.7 Å². The third-order valence-electron chi connectivity index (χ3n) is 8.26. The molecule has 4 aromatic rings. The number of likely N-dealkylation sites (tertiary alicyclic amines) is 1. The van der Waals surface area contributed by atoms with E-state index >= 15 is 0 Å². The van der Waals surface area contributed by atoms with E-state index in [0.29, 0.717) is 53.3 Å². The third-order valence-corrected chi connectivity index (χ3v) is 8.26. The molecule has 208 valence electrons. The number of rotatable bonds is 7. The number of aromatic nitrogens is 2. The zero-order chi connectivity index (χ0) is 28.8. The van der Waals surface area contributed by atoms with Crippen molar-refractivity contribution in [1.29, 1.82) is 0 Å². The van der Waals surface area contributed by atoms with Gasteiger partial charge < -0.3 is 20.3 Å². The zero-order valence-corrected chi connectivity index (χ0v) is 23.2. The molecule has 1 saturated heterocycles. The molecule has 1 aliphatic carbocycles. The van der Waals surface area contributed by atoms with Crippen LogP contribution < -0.4 is 11.3 Å². The number of carbonyl (C=O) groups is 2. The van der Waals surface area contributed by atoms with E-state index in [1.54, 1.807) is 40.3 Å². The fourth-order valence-electron chi connectivity index (χ4n) is 6.00. The summed E-state index contributed by atoms with van der Waals surface area (Å²) in [6, 6.07) is 15.4. The van der Waals surface area contributed by atoms with Crippen molar-refractivity contribution in [2.45, 2.75) is 38.7 Å². The summed E-state index contributed by atoms with van der Waals surface area (Å²) in [5.41, 5.74) is 10.4. The maximum absolute atomic E-state index is 14.2. The van der Waals surface area contributed by atoms with E-state index in [2.05, 4.69) is 24.0 Å². The van der Waals surface area contributed by atoms with Crippen LogP contribution in [0.5, 0.6) is 0 Å². The first-order valence-electron chi connectivity index (χ1n) is 13.9. The monoisotopic (exact) mass is 548 g/mol. The van der Waals surface area contributed by atoms with Gasteiger partial charge in [-0.2, -0.15) is 0 Å². The smallest absolute Gasteiger partial charge is 0.298 e. The van der Waals surface area contributed by atoms with Gasteiger partial charge in [-0.05, 0) is 84.7 Å². The molecule has 1 saturated carbocycles. The summed E-state index contributed by atoms with van der Waals surface area (Å²) in [5.74, 6) is 5.28. The van der Waals surface area contributed by atoms with Gasteiger partial charge in [0, 0.05) is 48.5 Å². The first-order chi connectivity index (χ1) is 19.8. The standard InChI is InChI=1S/C33H32N4O4/c1-3-5-31(39)36-16-20(17-36)12-25-14-23-13-22(21-8-9-21)10-11-27(23)33(41)37(25)29-7-4-6-26(28(29)19-38)24-15-30(32(34)40)35(2)18-24/h4,6-7,10-11,13-15,18,20-21,38H,8-9,12,16-17,19H2,1-2H3,(H2,34,40). The van der Waals surface area contributed by atoms with Crippen molar-refractivity contribution in [1.82, 2.24) is 14.0 Å². The number of fused-ring (bicyclic) bond motifs is 1. The lowest BCUT2D eigenvalue weighted by Crippen LogP contribution is -2.50. The van der Waals surface area contributed by atoms with Crippen molar-refractivity contribution in [3.8, 4) is 28.7 Å². The Morgan fingerprint density at radius 2 is 1.88 bits per heavy atom. The molecule has 2 aromatic carbocycles. The van der Waals surface area contributed by atoms with Gasteiger partial charge in [-0.1, -0.05) is 30.2 Å². The highest BCUT2D eigenvalue weighted by Crippen LogP contribution is 2.41. The number of pyridine rings is 1. The highest BCUT2D eigenvalue weighted by molar-refractivity contribution is 5.94. The van der Waals surface area contributed by atoms with Crippen LogP contribution in [0.1, 0.15) is 53.0 Å². The number of amides is 2. The molecule has 3 N–H and O–H groups in total. The van der Waals surface area contributed by atoms with Gasteiger partial charge in [0.15, 0.2) is 0 Å². The third kappa shape index (κ3) is 4.83. The van der Waals surface area contributed by atoms with Crippen LogP contribution in [0.15, 0.2) is 59.5 Å². The van der Waals surface area contributed by atoms with Crippen LogP contribution in [0, 0.1) is 17.8 Å². The van der Waals surface area contributed by atoms with E-state index in [9.17, 15) is 19.5 Å². The Labute approximate surface area is 238 Å². The molecule has 0 unspecified atom stereocenters. The van der Waals surface area contributed by atoms with E-state index in [4.69, 9.17) is 5.73 Å². The predicted molar refractivity (Wildman–Crippen MR) is 158 cm³/mol. The number of nitrogens with zero attached hydrogens (tertiary/aromatic N) is 3. The summed E-state index contributed by atoms with van der Waals surface area (Å²) in [7, 11) is 1.74. The van der Waals surface area contributed by atoms with Crippen LogP contribution in [0.3, 0.4) is 0 Å². The van der Waals surface area contributed by atoms with Crippen LogP contribution in [0.2, 0.25) is 0 Å². The molecule has 0 spiro atoms. The molecule has 8 nitrogen and oxygen atoms in total. The van der Waals surface area contributed by atoms with Gasteiger partial charge in [-0.3, -0.25) is 19.0 Å². The number of aryl methyl sites for hydroxylation is 1. The molecule has 2 aliphatic rings. The lowest BCUT2D eigenvalue weighted by atomic mass is 9.92. The summed E-state index contributed by atoms with van der Waals surface area (Å²) in [6.07, 6.45) is 4.73. The number of aliphatic hydroxyl groups is 1. The van der Waals surface area contributed by atoms with E-state index < -0.39 is 5.91 Å². The topological polar surface area (TPSA) is 111 Å². The van der Waals surface area contributed by atoms with Crippen LogP contribution in [0.4, 0.5) is 0 Å². The van der Waals surface area contributed by atoms with Gasteiger partial charge >= 0.3 is 0 Å². The van der Waals surface area contributed by atoms with Gasteiger partial charge in [0.05, 0.1) is 12.3 Å². The highest BCUT2D eigenvalue weighted by Gasteiger charge is 2.31. The number of hydrogen-bond acceptors (Lipinski definition) is 4. The van der Waals surface area contributed by atoms with Gasteiger partial charge in [-0.15, -0.1) is 0 Å². The van der Waals surface area contributed by atoms with E-state index in [0.717, 1.165) is 16.6 Å². The van der Waals surface area contributed by atoms with Crippen molar-refractivity contribution < 1.29 is 14.7 Å². The molecule has 2 fully saturated rings. The molecule has 0 atom stereocenters. The van der Waals surface area contributed by atoms with Gasteiger partial charge in [0.25, 0.3) is 17.4 Å². The second kappa shape index (κ2) is 10.4.